The van der Waals surface area contributed by atoms with Crippen molar-refractivity contribution in [2.75, 3.05) is 44.2 Å². The summed E-state index contributed by atoms with van der Waals surface area (Å²) in [6, 6.07) is 10.2. The van der Waals surface area contributed by atoms with Crippen molar-refractivity contribution in [1.29, 1.82) is 0 Å². The highest BCUT2D eigenvalue weighted by Gasteiger charge is 2.33. The standard InChI is InChI=1S/C24H29N5O2/c30-17-27-12-14-28(15-13-27)24(31)19-8-5-11-29(16-19)23-20-9-4-10-21(20)25-22(26-23)18-6-2-1-3-7-18/h1-3,6-7,17,19H,4-5,8-16H2/t19-/m1/s1. The number of fused-ring (bicyclic) bond motifs is 1. The lowest BCUT2D eigenvalue weighted by molar-refractivity contribution is -0.139. The summed E-state index contributed by atoms with van der Waals surface area (Å²) in [6.07, 6.45) is 5.92. The fourth-order valence-electron chi connectivity index (χ4n) is 5.07. The van der Waals surface area contributed by atoms with E-state index in [0.717, 1.165) is 62.3 Å². The lowest BCUT2D eigenvalue weighted by Gasteiger charge is -2.38. The summed E-state index contributed by atoms with van der Waals surface area (Å²) in [7, 11) is 0. The number of amides is 2. The Morgan fingerprint density at radius 1 is 0.968 bits per heavy atom. The molecule has 162 valence electrons. The van der Waals surface area contributed by atoms with Crippen LogP contribution in [-0.2, 0) is 22.4 Å². The molecule has 2 saturated heterocycles. The van der Waals surface area contributed by atoms with E-state index in [1.807, 2.05) is 23.1 Å². The summed E-state index contributed by atoms with van der Waals surface area (Å²) in [5, 5.41) is 0. The van der Waals surface area contributed by atoms with Crippen molar-refractivity contribution in [1.82, 2.24) is 19.8 Å². The lowest BCUT2D eigenvalue weighted by Crippen LogP contribution is -2.52. The van der Waals surface area contributed by atoms with E-state index in [1.165, 1.54) is 11.3 Å². The van der Waals surface area contributed by atoms with E-state index in [4.69, 9.17) is 9.97 Å². The maximum absolute atomic E-state index is 13.2. The first-order chi connectivity index (χ1) is 15.2. The highest BCUT2D eigenvalue weighted by molar-refractivity contribution is 5.80. The number of hydrogen-bond donors (Lipinski definition) is 0. The SMILES string of the molecule is O=CN1CCN(C(=O)[C@@H]2CCCN(c3nc(-c4ccccc4)nc4c3CCC4)C2)CC1. The van der Waals surface area contributed by atoms with Crippen LogP contribution in [0.2, 0.25) is 0 Å². The number of rotatable bonds is 4. The van der Waals surface area contributed by atoms with Gasteiger partial charge in [-0.2, -0.15) is 0 Å². The predicted octanol–water partition coefficient (Wildman–Crippen LogP) is 2.15. The monoisotopic (exact) mass is 419 g/mol. The largest absolute Gasteiger partial charge is 0.355 e. The van der Waals surface area contributed by atoms with Gasteiger partial charge in [0.1, 0.15) is 5.82 Å². The van der Waals surface area contributed by atoms with Gasteiger partial charge in [0.2, 0.25) is 12.3 Å². The van der Waals surface area contributed by atoms with Crippen LogP contribution in [0.5, 0.6) is 0 Å². The van der Waals surface area contributed by atoms with Crippen LogP contribution in [0.1, 0.15) is 30.5 Å². The highest BCUT2D eigenvalue weighted by atomic mass is 16.2. The summed E-state index contributed by atoms with van der Waals surface area (Å²) in [5.41, 5.74) is 3.48. The van der Waals surface area contributed by atoms with Gasteiger partial charge in [0, 0.05) is 56.1 Å². The minimum atomic E-state index is -0.0104. The van der Waals surface area contributed by atoms with E-state index < -0.39 is 0 Å². The summed E-state index contributed by atoms with van der Waals surface area (Å²) in [5.74, 6) is 2.03. The average Bonchev–Trinajstić information content (AvgIpc) is 3.32. The Balaban J connectivity index is 1.37. The fraction of sp³-hybridized carbons (Fsp3) is 0.500. The molecule has 0 radical (unpaired) electrons. The second-order valence-corrected chi connectivity index (χ2v) is 8.77. The summed E-state index contributed by atoms with van der Waals surface area (Å²) in [4.78, 5) is 40.1. The van der Waals surface area contributed by atoms with Gasteiger partial charge in [0.05, 0.1) is 5.92 Å². The molecule has 3 aliphatic rings. The zero-order valence-electron chi connectivity index (χ0n) is 17.9. The van der Waals surface area contributed by atoms with Gasteiger partial charge in [0.25, 0.3) is 0 Å². The van der Waals surface area contributed by atoms with Crippen molar-refractivity contribution in [3.63, 3.8) is 0 Å². The van der Waals surface area contributed by atoms with E-state index in [2.05, 4.69) is 17.0 Å². The van der Waals surface area contributed by atoms with Crippen LogP contribution in [0, 0.1) is 5.92 Å². The number of carbonyl (C=O) groups excluding carboxylic acids is 2. The number of aryl methyl sites for hydroxylation is 1. The Morgan fingerprint density at radius 2 is 1.77 bits per heavy atom. The van der Waals surface area contributed by atoms with Gasteiger partial charge in [-0.3, -0.25) is 9.59 Å². The van der Waals surface area contributed by atoms with E-state index >= 15 is 0 Å². The van der Waals surface area contributed by atoms with Gasteiger partial charge in [-0.15, -0.1) is 0 Å². The van der Waals surface area contributed by atoms with Crippen LogP contribution in [0.4, 0.5) is 5.82 Å². The Bertz CT molecular complexity index is 956. The summed E-state index contributed by atoms with van der Waals surface area (Å²) < 4.78 is 0. The smallest absolute Gasteiger partial charge is 0.227 e. The first kappa shape index (κ1) is 20.0. The molecule has 7 nitrogen and oxygen atoms in total. The third kappa shape index (κ3) is 4.01. The molecule has 1 aromatic heterocycles. The van der Waals surface area contributed by atoms with E-state index in [0.29, 0.717) is 32.7 Å². The predicted molar refractivity (Wildman–Crippen MR) is 119 cm³/mol. The molecule has 0 bridgehead atoms. The van der Waals surface area contributed by atoms with Gasteiger partial charge < -0.3 is 14.7 Å². The molecular formula is C24H29N5O2. The fourth-order valence-corrected chi connectivity index (χ4v) is 5.07. The van der Waals surface area contributed by atoms with Crippen LogP contribution in [0.15, 0.2) is 30.3 Å². The van der Waals surface area contributed by atoms with Gasteiger partial charge >= 0.3 is 0 Å². The molecule has 0 saturated carbocycles. The maximum Gasteiger partial charge on any atom is 0.227 e. The molecule has 31 heavy (non-hydrogen) atoms. The van der Waals surface area contributed by atoms with Crippen molar-refractivity contribution in [3.8, 4) is 11.4 Å². The van der Waals surface area contributed by atoms with Crippen LogP contribution in [-0.4, -0.2) is 71.4 Å². The van der Waals surface area contributed by atoms with Crippen molar-refractivity contribution in [2.45, 2.75) is 32.1 Å². The molecule has 2 amide bonds. The Kier molecular flexibility index (Phi) is 5.57. The molecule has 1 aromatic carbocycles. The first-order valence-corrected chi connectivity index (χ1v) is 11.4. The van der Waals surface area contributed by atoms with Crippen LogP contribution >= 0.6 is 0 Å². The van der Waals surface area contributed by atoms with Gasteiger partial charge in [-0.25, -0.2) is 9.97 Å². The molecule has 1 atom stereocenters. The molecule has 1 aliphatic carbocycles. The highest BCUT2D eigenvalue weighted by Crippen LogP contribution is 2.34. The number of hydrogen-bond acceptors (Lipinski definition) is 5. The number of nitrogens with zero attached hydrogens (tertiary/aromatic N) is 5. The number of aromatic nitrogens is 2. The molecule has 3 heterocycles. The summed E-state index contributed by atoms with van der Waals surface area (Å²) >= 11 is 0. The topological polar surface area (TPSA) is 69.6 Å². The number of anilines is 1. The quantitative estimate of drug-likeness (QED) is 0.711. The van der Waals surface area contributed by atoms with Crippen molar-refractivity contribution in [3.05, 3.63) is 41.6 Å². The van der Waals surface area contributed by atoms with Gasteiger partial charge in [-0.1, -0.05) is 30.3 Å². The number of piperazine rings is 1. The van der Waals surface area contributed by atoms with Crippen molar-refractivity contribution in [2.24, 2.45) is 5.92 Å². The molecule has 2 aliphatic heterocycles. The Morgan fingerprint density at radius 3 is 2.55 bits per heavy atom. The van der Waals surface area contributed by atoms with Crippen LogP contribution < -0.4 is 4.90 Å². The molecule has 7 heteroatoms. The number of carbonyl (C=O) groups is 2. The third-order valence-electron chi connectivity index (χ3n) is 6.79. The minimum Gasteiger partial charge on any atom is -0.355 e. The summed E-state index contributed by atoms with van der Waals surface area (Å²) in [6.45, 7) is 4.17. The minimum absolute atomic E-state index is 0.0104. The van der Waals surface area contributed by atoms with Crippen LogP contribution in [0.25, 0.3) is 11.4 Å². The van der Waals surface area contributed by atoms with Crippen LogP contribution in [0.3, 0.4) is 0 Å². The second kappa shape index (κ2) is 8.65. The Hall–Kier alpha value is -2.96. The molecule has 0 spiro atoms. The molecule has 0 N–H and O–H groups in total. The first-order valence-electron chi connectivity index (χ1n) is 11.4. The van der Waals surface area contributed by atoms with Gasteiger partial charge in [0.15, 0.2) is 5.82 Å². The maximum atomic E-state index is 13.2. The number of benzene rings is 1. The number of piperidine rings is 1. The molecule has 2 fully saturated rings. The van der Waals surface area contributed by atoms with Gasteiger partial charge in [-0.05, 0) is 32.1 Å². The molecule has 2 aromatic rings. The molecule has 5 rings (SSSR count). The average molecular weight is 420 g/mol. The van der Waals surface area contributed by atoms with Crippen molar-refractivity contribution < 1.29 is 9.59 Å². The second-order valence-electron chi connectivity index (χ2n) is 8.77. The van der Waals surface area contributed by atoms with E-state index in [9.17, 15) is 9.59 Å². The zero-order chi connectivity index (χ0) is 21.2. The van der Waals surface area contributed by atoms with E-state index in [1.54, 1.807) is 4.90 Å². The molecule has 0 unspecified atom stereocenters. The van der Waals surface area contributed by atoms with E-state index in [-0.39, 0.29) is 11.8 Å². The Labute approximate surface area is 183 Å². The normalized spacial score (nSPS) is 21.2. The van der Waals surface area contributed by atoms with Crippen molar-refractivity contribution >= 4 is 18.1 Å². The third-order valence-corrected chi connectivity index (χ3v) is 6.79. The zero-order valence-corrected chi connectivity index (χ0v) is 17.9. The molecular weight excluding hydrogens is 390 g/mol. The lowest BCUT2D eigenvalue weighted by atomic mass is 9.95.